The molecule has 0 aliphatic carbocycles. The molecule has 3 atom stereocenters. The number of imidazole rings is 2. The molecule has 6 heterocycles. The van der Waals surface area contributed by atoms with Crippen LogP contribution >= 0.6 is 0 Å². The van der Waals surface area contributed by atoms with Crippen molar-refractivity contribution in [2.45, 2.75) is 69.5 Å². The van der Waals surface area contributed by atoms with Crippen LogP contribution in [0, 0.1) is 5.92 Å². The van der Waals surface area contributed by atoms with Crippen LogP contribution in [0.2, 0.25) is 0 Å². The second kappa shape index (κ2) is 16.9. The average Bonchev–Trinajstić information content (AvgIpc) is 4.06. The molecular formula is C42H52N8O6. The fraction of sp³-hybridized carbons (Fsp3) is 0.500. The van der Waals surface area contributed by atoms with Gasteiger partial charge in [0.05, 0.1) is 56.2 Å². The van der Waals surface area contributed by atoms with Gasteiger partial charge in [0.1, 0.15) is 23.4 Å². The third kappa shape index (κ3) is 8.03. The van der Waals surface area contributed by atoms with E-state index in [1.54, 1.807) is 11.1 Å². The lowest BCUT2D eigenvalue weighted by Gasteiger charge is -2.32. The molecule has 2 aromatic carbocycles. The van der Waals surface area contributed by atoms with E-state index in [0.29, 0.717) is 25.6 Å². The number of benzene rings is 2. The lowest BCUT2D eigenvalue weighted by Crippen LogP contribution is -2.50. The Morgan fingerprint density at radius 1 is 0.804 bits per heavy atom. The van der Waals surface area contributed by atoms with Crippen LogP contribution in [0.1, 0.15) is 75.1 Å². The van der Waals surface area contributed by atoms with Gasteiger partial charge in [0.2, 0.25) is 11.8 Å². The molecule has 3 saturated heterocycles. The Hall–Kier alpha value is -5.21. The average molecular weight is 765 g/mol. The Kier molecular flexibility index (Phi) is 11.4. The van der Waals surface area contributed by atoms with Gasteiger partial charge in [0.25, 0.3) is 0 Å². The van der Waals surface area contributed by atoms with Crippen molar-refractivity contribution in [3.8, 4) is 39.4 Å². The number of rotatable bonds is 5. The maximum Gasteiger partial charge on any atom is 0.407 e. The summed E-state index contributed by atoms with van der Waals surface area (Å²) < 4.78 is 17.1. The lowest BCUT2D eigenvalue weighted by molar-refractivity contribution is -0.138. The van der Waals surface area contributed by atoms with E-state index in [2.05, 4.69) is 74.6 Å². The number of H-pyrrole nitrogens is 2. The van der Waals surface area contributed by atoms with Crippen LogP contribution in [0.25, 0.3) is 33.6 Å². The van der Waals surface area contributed by atoms with Crippen molar-refractivity contribution in [1.82, 2.24) is 40.0 Å². The van der Waals surface area contributed by atoms with Crippen LogP contribution < -0.4 is 10.1 Å². The van der Waals surface area contributed by atoms with E-state index in [1.165, 1.54) is 7.11 Å². The van der Waals surface area contributed by atoms with Gasteiger partial charge < -0.3 is 44.2 Å². The summed E-state index contributed by atoms with van der Waals surface area (Å²) in [7, 11) is 3.40. The smallest absolute Gasteiger partial charge is 0.407 e. The molecule has 0 unspecified atom stereocenters. The molecule has 14 heteroatoms. The van der Waals surface area contributed by atoms with Gasteiger partial charge >= 0.3 is 6.09 Å². The zero-order valence-corrected chi connectivity index (χ0v) is 32.3. The highest BCUT2D eigenvalue weighted by atomic mass is 16.5. The van der Waals surface area contributed by atoms with Crippen LogP contribution in [0.5, 0.6) is 5.75 Å². The summed E-state index contributed by atoms with van der Waals surface area (Å²) >= 11 is 0. The topological polar surface area (TPSA) is 158 Å². The summed E-state index contributed by atoms with van der Waals surface area (Å²) in [6, 6.07) is 13.5. The third-order valence-corrected chi connectivity index (χ3v) is 11.8. The molecule has 4 aliphatic heterocycles. The second-order valence-corrected chi connectivity index (χ2v) is 15.4. The van der Waals surface area contributed by atoms with E-state index in [9.17, 15) is 14.4 Å². The minimum Gasteiger partial charge on any atom is -0.493 e. The van der Waals surface area contributed by atoms with Crippen LogP contribution in [-0.4, -0.2) is 119 Å². The van der Waals surface area contributed by atoms with E-state index >= 15 is 0 Å². The largest absolute Gasteiger partial charge is 0.493 e. The number of aromatic nitrogens is 4. The number of nitrogens with zero attached hydrogens (tertiary/aromatic N) is 5. The maximum atomic E-state index is 13.7. The van der Waals surface area contributed by atoms with Crippen molar-refractivity contribution in [2.75, 3.05) is 60.2 Å². The van der Waals surface area contributed by atoms with Crippen LogP contribution in [0.15, 0.2) is 54.9 Å². The van der Waals surface area contributed by atoms with Crippen LogP contribution in [-0.2, 0) is 19.1 Å². The van der Waals surface area contributed by atoms with Gasteiger partial charge in [-0.05, 0) is 100 Å². The SMILES string of the molecule is COC(=O)N[C@H]1COCCCCOc2cc(-c3ccc(-c4cnc([C@@H]5CCCN5C(=O)C5CCN(C)CC5)[nH]4)cc3)ccc2-c2cnc([nH]2)[C@@H]2CCCN2C1=O. The quantitative estimate of drug-likeness (QED) is 0.231. The number of aromatic amines is 2. The highest BCUT2D eigenvalue weighted by Gasteiger charge is 2.38. The third-order valence-electron chi connectivity index (χ3n) is 11.8. The first-order chi connectivity index (χ1) is 27.4. The zero-order chi connectivity index (χ0) is 38.6. The van der Waals surface area contributed by atoms with E-state index in [1.807, 2.05) is 6.20 Å². The number of likely N-dealkylation sites (tertiary alicyclic amines) is 2. The van der Waals surface area contributed by atoms with Gasteiger partial charge in [-0.2, -0.15) is 0 Å². The zero-order valence-electron chi connectivity index (χ0n) is 32.3. The molecule has 2 aromatic heterocycles. The first kappa shape index (κ1) is 37.7. The van der Waals surface area contributed by atoms with Crippen molar-refractivity contribution in [3.63, 3.8) is 0 Å². The Bertz CT molecular complexity index is 2000. The number of carbonyl (C=O) groups is 3. The number of nitrogens with one attached hydrogen (secondary N) is 3. The molecule has 3 amide bonds. The number of fused-ring (bicyclic) bond motifs is 6. The monoisotopic (exact) mass is 764 g/mol. The number of piperidine rings is 1. The normalized spacial score (nSPS) is 22.7. The fourth-order valence-corrected chi connectivity index (χ4v) is 8.57. The van der Waals surface area contributed by atoms with Crippen molar-refractivity contribution in [1.29, 1.82) is 0 Å². The number of carbonyl (C=O) groups excluding carboxylic acids is 3. The first-order valence-electron chi connectivity index (χ1n) is 20.1. The van der Waals surface area contributed by atoms with E-state index < -0.39 is 12.1 Å². The number of hydrogen-bond donors (Lipinski definition) is 3. The van der Waals surface area contributed by atoms with Crippen molar-refractivity contribution in [3.05, 3.63) is 66.5 Å². The van der Waals surface area contributed by atoms with Gasteiger partial charge in [0, 0.05) is 31.2 Å². The second-order valence-electron chi connectivity index (χ2n) is 15.4. The molecule has 8 rings (SSSR count). The van der Waals surface area contributed by atoms with E-state index in [0.717, 1.165) is 116 Å². The number of amides is 3. The Balaban J connectivity index is 0.995. The minimum atomic E-state index is -0.861. The molecule has 56 heavy (non-hydrogen) atoms. The summed E-state index contributed by atoms with van der Waals surface area (Å²) in [6.45, 7) is 4.24. The standard InChI is InChI=1S/C42H52N8O6/c1-48-19-15-29(16-20-48)40(51)49-17-5-7-35(49)38-43-24-32(45-38)28-11-9-27(10-12-28)30-13-14-31-33-25-44-39(46-33)36-8-6-18-50(36)41(52)34(47-42(53)54-2)26-55-21-3-4-22-56-37(31)23-30/h9-14,23-25,29,34-36H,3-8,15-22,26H2,1-2H3,(H,43,45)(H,44,46)(H,47,53)/t34-,35-,36-/m0/s1. The predicted molar refractivity (Wildman–Crippen MR) is 210 cm³/mol. The molecule has 3 fully saturated rings. The lowest BCUT2D eigenvalue weighted by atomic mass is 9.95. The summed E-state index contributed by atoms with van der Waals surface area (Å²) in [5, 5.41) is 2.65. The minimum absolute atomic E-state index is 0.00958. The van der Waals surface area contributed by atoms with Crippen molar-refractivity contribution < 1.29 is 28.6 Å². The fourth-order valence-electron chi connectivity index (χ4n) is 8.57. The molecule has 14 nitrogen and oxygen atoms in total. The van der Waals surface area contributed by atoms with Gasteiger partial charge in [-0.15, -0.1) is 0 Å². The highest BCUT2D eigenvalue weighted by Crippen LogP contribution is 2.38. The Morgan fingerprint density at radius 2 is 1.48 bits per heavy atom. The van der Waals surface area contributed by atoms with Crippen molar-refractivity contribution in [2.24, 2.45) is 5.92 Å². The molecule has 296 valence electrons. The van der Waals surface area contributed by atoms with E-state index in [-0.39, 0.29) is 36.4 Å². The summed E-state index contributed by atoms with van der Waals surface area (Å²) in [6.07, 6.45) is 9.80. The van der Waals surface area contributed by atoms with Gasteiger partial charge in [-0.25, -0.2) is 14.8 Å². The number of methoxy groups -OCH3 is 1. The number of ether oxygens (including phenoxy) is 3. The van der Waals surface area contributed by atoms with Gasteiger partial charge in [0.15, 0.2) is 0 Å². The number of alkyl carbamates (subject to hydrolysis) is 1. The van der Waals surface area contributed by atoms with Gasteiger partial charge in [-0.1, -0.05) is 30.3 Å². The van der Waals surface area contributed by atoms with Gasteiger partial charge in [-0.3, -0.25) is 9.59 Å². The molecule has 0 radical (unpaired) electrons. The van der Waals surface area contributed by atoms with Crippen LogP contribution in [0.4, 0.5) is 4.79 Å². The van der Waals surface area contributed by atoms with Crippen LogP contribution in [0.3, 0.4) is 0 Å². The number of hydrogen-bond acceptors (Lipinski definition) is 9. The van der Waals surface area contributed by atoms with E-state index in [4.69, 9.17) is 24.2 Å². The predicted octanol–water partition coefficient (Wildman–Crippen LogP) is 5.72. The Morgan fingerprint density at radius 3 is 2.29 bits per heavy atom. The molecule has 4 aromatic rings. The van der Waals surface area contributed by atoms with Crippen molar-refractivity contribution >= 4 is 17.9 Å². The summed E-state index contributed by atoms with van der Waals surface area (Å²) in [4.78, 5) is 62.0. The molecule has 4 aliphatic rings. The molecular weight excluding hydrogens is 713 g/mol. The first-order valence-corrected chi connectivity index (χ1v) is 20.1. The molecule has 2 bridgehead atoms. The Labute approximate surface area is 327 Å². The summed E-state index contributed by atoms with van der Waals surface area (Å²) in [5.74, 6) is 2.45. The molecule has 0 spiro atoms. The maximum absolute atomic E-state index is 13.7. The summed E-state index contributed by atoms with van der Waals surface area (Å²) in [5.41, 5.74) is 5.71. The molecule has 0 saturated carbocycles. The molecule has 3 N–H and O–H groups in total. The highest BCUT2D eigenvalue weighted by molar-refractivity contribution is 5.86.